The lowest BCUT2D eigenvalue weighted by molar-refractivity contribution is 0.0952. The van der Waals surface area contributed by atoms with Crippen LogP contribution >= 0.6 is 0 Å². The van der Waals surface area contributed by atoms with Gasteiger partial charge in [-0.05, 0) is 42.2 Å². The van der Waals surface area contributed by atoms with Crippen molar-refractivity contribution in [1.29, 1.82) is 0 Å². The van der Waals surface area contributed by atoms with E-state index in [4.69, 9.17) is 4.42 Å². The minimum absolute atomic E-state index is 0.0439. The summed E-state index contributed by atoms with van der Waals surface area (Å²) in [7, 11) is 0. The second-order valence-electron chi connectivity index (χ2n) is 7.10. The molecule has 0 aliphatic carbocycles. The van der Waals surface area contributed by atoms with Gasteiger partial charge in [0.05, 0.1) is 23.7 Å². The van der Waals surface area contributed by atoms with Crippen LogP contribution in [0.15, 0.2) is 65.8 Å². The van der Waals surface area contributed by atoms with Crippen LogP contribution in [-0.2, 0) is 6.42 Å². The first-order chi connectivity index (χ1) is 14.6. The fraction of sp³-hybridized carbons (Fsp3) is 0.227. The summed E-state index contributed by atoms with van der Waals surface area (Å²) in [4.78, 5) is 25.8. The normalized spacial score (nSPS) is 11.0. The zero-order chi connectivity index (χ0) is 20.9. The number of pyridine rings is 1. The average Bonchev–Trinajstić information content (AvgIpc) is 3.45. The Balaban J connectivity index is 1.56. The SMILES string of the molecule is CC(C)c1c(C(=O)NCCc2cccnc2)cnn1-c1nccc(-c2ccco2)n1. The van der Waals surface area contributed by atoms with Gasteiger partial charge in [0, 0.05) is 25.1 Å². The van der Waals surface area contributed by atoms with Crippen LogP contribution in [0.2, 0.25) is 0 Å². The number of amides is 1. The molecule has 4 aromatic heterocycles. The standard InChI is InChI=1S/C22H22N6O2/c1-15(2)20-17(21(29)24-10-7-16-5-3-9-23-13-16)14-26-28(20)22-25-11-8-18(27-22)19-6-4-12-30-19/h3-6,8-9,11-15H,7,10H2,1-2H3,(H,24,29). The second kappa shape index (κ2) is 8.69. The van der Waals surface area contributed by atoms with Crippen molar-refractivity contribution >= 4 is 5.91 Å². The maximum absolute atomic E-state index is 12.8. The minimum Gasteiger partial charge on any atom is -0.463 e. The first-order valence-electron chi connectivity index (χ1n) is 9.76. The number of aromatic nitrogens is 5. The van der Waals surface area contributed by atoms with Crippen molar-refractivity contribution in [1.82, 2.24) is 30.0 Å². The summed E-state index contributed by atoms with van der Waals surface area (Å²) in [5, 5.41) is 7.37. The van der Waals surface area contributed by atoms with Crippen LogP contribution in [-0.4, -0.2) is 37.2 Å². The molecule has 8 heteroatoms. The molecule has 0 saturated heterocycles. The highest BCUT2D eigenvalue weighted by molar-refractivity contribution is 5.95. The lowest BCUT2D eigenvalue weighted by Crippen LogP contribution is -2.27. The zero-order valence-corrected chi connectivity index (χ0v) is 16.8. The Morgan fingerprint density at radius 2 is 2.07 bits per heavy atom. The number of carbonyl (C=O) groups excluding carboxylic acids is 1. The van der Waals surface area contributed by atoms with E-state index < -0.39 is 0 Å². The van der Waals surface area contributed by atoms with Crippen LogP contribution in [0.3, 0.4) is 0 Å². The van der Waals surface area contributed by atoms with E-state index in [0.29, 0.717) is 35.9 Å². The van der Waals surface area contributed by atoms with Crippen molar-refractivity contribution < 1.29 is 9.21 Å². The van der Waals surface area contributed by atoms with Crippen LogP contribution in [0.5, 0.6) is 0 Å². The Morgan fingerprint density at radius 3 is 2.80 bits per heavy atom. The lowest BCUT2D eigenvalue weighted by atomic mass is 10.1. The largest absolute Gasteiger partial charge is 0.463 e. The third kappa shape index (κ3) is 4.12. The molecule has 4 aromatic rings. The topological polar surface area (TPSA) is 98.7 Å². The van der Waals surface area contributed by atoms with Gasteiger partial charge in [0.1, 0.15) is 5.69 Å². The van der Waals surface area contributed by atoms with Gasteiger partial charge >= 0.3 is 0 Å². The van der Waals surface area contributed by atoms with Gasteiger partial charge in [-0.1, -0.05) is 19.9 Å². The summed E-state index contributed by atoms with van der Waals surface area (Å²) in [6.45, 7) is 4.53. The smallest absolute Gasteiger partial charge is 0.254 e. The van der Waals surface area contributed by atoms with E-state index in [1.165, 1.54) is 0 Å². The molecule has 0 radical (unpaired) electrons. The van der Waals surface area contributed by atoms with E-state index in [1.54, 1.807) is 47.9 Å². The van der Waals surface area contributed by atoms with Gasteiger partial charge < -0.3 is 9.73 Å². The van der Waals surface area contributed by atoms with Crippen molar-refractivity contribution in [3.8, 4) is 17.4 Å². The molecule has 8 nitrogen and oxygen atoms in total. The molecule has 0 fully saturated rings. The number of rotatable bonds is 7. The fourth-order valence-electron chi connectivity index (χ4n) is 3.22. The van der Waals surface area contributed by atoms with Gasteiger partial charge in [0.15, 0.2) is 5.76 Å². The first-order valence-corrected chi connectivity index (χ1v) is 9.76. The van der Waals surface area contributed by atoms with Crippen LogP contribution in [0.1, 0.15) is 41.4 Å². The Kier molecular flexibility index (Phi) is 5.65. The Morgan fingerprint density at radius 1 is 1.17 bits per heavy atom. The number of nitrogens with one attached hydrogen (secondary N) is 1. The summed E-state index contributed by atoms with van der Waals surface area (Å²) in [6, 6.07) is 9.28. The molecule has 1 amide bonds. The molecule has 30 heavy (non-hydrogen) atoms. The highest BCUT2D eigenvalue weighted by atomic mass is 16.3. The third-order valence-corrected chi connectivity index (χ3v) is 4.63. The number of carbonyl (C=O) groups is 1. The van der Waals surface area contributed by atoms with E-state index in [9.17, 15) is 4.79 Å². The predicted octanol–water partition coefficient (Wildman–Crippen LogP) is 3.41. The summed E-state index contributed by atoms with van der Waals surface area (Å²) in [5.41, 5.74) is 2.99. The molecule has 0 unspecified atom stereocenters. The Labute approximate surface area is 174 Å². The van der Waals surface area contributed by atoms with Crippen molar-refractivity contribution in [2.24, 2.45) is 0 Å². The van der Waals surface area contributed by atoms with Gasteiger partial charge in [0.2, 0.25) is 0 Å². The van der Waals surface area contributed by atoms with Crippen molar-refractivity contribution in [2.45, 2.75) is 26.2 Å². The summed E-state index contributed by atoms with van der Waals surface area (Å²) in [6.07, 6.45) is 9.05. The molecule has 1 N–H and O–H groups in total. The number of hydrogen-bond acceptors (Lipinski definition) is 6. The molecular formula is C22H22N6O2. The molecule has 4 rings (SSSR count). The molecule has 0 atom stereocenters. The number of nitrogens with zero attached hydrogens (tertiary/aromatic N) is 5. The van der Waals surface area contributed by atoms with Gasteiger partial charge in [-0.25, -0.2) is 14.6 Å². The van der Waals surface area contributed by atoms with Crippen molar-refractivity contribution in [3.63, 3.8) is 0 Å². The maximum atomic E-state index is 12.8. The van der Waals surface area contributed by atoms with Crippen LogP contribution in [0.25, 0.3) is 17.4 Å². The molecule has 0 aliphatic heterocycles. The molecule has 0 spiro atoms. The lowest BCUT2D eigenvalue weighted by Gasteiger charge is -2.12. The third-order valence-electron chi connectivity index (χ3n) is 4.63. The summed E-state index contributed by atoms with van der Waals surface area (Å²) < 4.78 is 7.04. The summed E-state index contributed by atoms with van der Waals surface area (Å²) in [5.74, 6) is 0.908. The van der Waals surface area contributed by atoms with E-state index in [-0.39, 0.29) is 11.8 Å². The van der Waals surface area contributed by atoms with Crippen LogP contribution < -0.4 is 5.32 Å². The monoisotopic (exact) mass is 402 g/mol. The van der Waals surface area contributed by atoms with Gasteiger partial charge in [-0.2, -0.15) is 5.10 Å². The Bertz CT molecular complexity index is 1120. The fourth-order valence-corrected chi connectivity index (χ4v) is 3.22. The molecule has 4 heterocycles. The zero-order valence-electron chi connectivity index (χ0n) is 16.8. The molecule has 0 aromatic carbocycles. The van der Waals surface area contributed by atoms with Crippen LogP contribution in [0, 0.1) is 0 Å². The molecule has 152 valence electrons. The molecule has 0 saturated carbocycles. The Hall–Kier alpha value is -3.81. The van der Waals surface area contributed by atoms with Crippen molar-refractivity contribution in [2.75, 3.05) is 6.54 Å². The molecular weight excluding hydrogens is 380 g/mol. The predicted molar refractivity (Wildman–Crippen MR) is 111 cm³/mol. The number of furan rings is 1. The van der Waals surface area contributed by atoms with Gasteiger partial charge in [-0.15, -0.1) is 0 Å². The van der Waals surface area contributed by atoms with Crippen LogP contribution in [0.4, 0.5) is 0 Å². The van der Waals surface area contributed by atoms with Gasteiger partial charge in [0.25, 0.3) is 11.9 Å². The highest BCUT2D eigenvalue weighted by Crippen LogP contribution is 2.23. The average molecular weight is 402 g/mol. The second-order valence-corrected chi connectivity index (χ2v) is 7.10. The van der Waals surface area contributed by atoms with Gasteiger partial charge in [-0.3, -0.25) is 9.78 Å². The minimum atomic E-state index is -0.170. The van der Waals surface area contributed by atoms with E-state index >= 15 is 0 Å². The van der Waals surface area contributed by atoms with Crippen molar-refractivity contribution in [3.05, 3.63) is 78.2 Å². The number of hydrogen-bond donors (Lipinski definition) is 1. The van der Waals surface area contributed by atoms with E-state index in [0.717, 1.165) is 11.3 Å². The molecule has 0 aliphatic rings. The first kappa shape index (κ1) is 19.5. The highest BCUT2D eigenvalue weighted by Gasteiger charge is 2.22. The van der Waals surface area contributed by atoms with E-state index in [1.807, 2.05) is 32.0 Å². The quantitative estimate of drug-likeness (QED) is 0.509. The molecule has 0 bridgehead atoms. The maximum Gasteiger partial charge on any atom is 0.254 e. The summed E-state index contributed by atoms with van der Waals surface area (Å²) >= 11 is 0. The van der Waals surface area contributed by atoms with E-state index in [2.05, 4.69) is 25.4 Å².